The van der Waals surface area contributed by atoms with Crippen molar-refractivity contribution in [3.8, 4) is 0 Å². The van der Waals surface area contributed by atoms with Crippen molar-refractivity contribution < 1.29 is 49.1 Å². The number of rotatable bonds is 17. The molecule has 0 aromatic rings. The molecule has 0 rings (SSSR count). The van der Waals surface area contributed by atoms with Gasteiger partial charge in [-0.05, 0) is 6.42 Å². The molecule has 1 atom stereocenters. The van der Waals surface area contributed by atoms with Gasteiger partial charge in [0.2, 0.25) is 0 Å². The topological polar surface area (TPSA) is 74.6 Å². The van der Waals surface area contributed by atoms with Gasteiger partial charge in [-0.2, -0.15) is 8.42 Å². The van der Waals surface area contributed by atoms with E-state index in [1.54, 1.807) is 0 Å². The first-order chi connectivity index (χ1) is 11.0. The zero-order valence-electron chi connectivity index (χ0n) is 17.0. The molecule has 0 aromatic heterocycles. The molecule has 0 fully saturated rings. The average molecular weight is 375 g/mol. The van der Waals surface area contributed by atoms with Gasteiger partial charge in [0.25, 0.3) is 10.1 Å². The third-order valence-electron chi connectivity index (χ3n) is 4.29. The van der Waals surface area contributed by atoms with Gasteiger partial charge < -0.3 is 6.53 Å². The fraction of sp³-hybridized carbons (Fsp3) is 1.00. The Hall–Kier alpha value is 0.870. The van der Waals surface area contributed by atoms with E-state index >= 15 is 0 Å². The van der Waals surface area contributed by atoms with Gasteiger partial charge in [-0.3, -0.25) is 4.55 Å². The standard InChI is InChI=1S/C18H38O4S.Na.H/c1-2-3-4-5-6-7-8-9-10-11-12-13-14-15-16-18(19)17-23(20,21)22;;/h18-19H,2-17H2,1H3,(H,20,21,22);;/q;+1;-1. The molecular formula is C18H39NaO4S. The van der Waals surface area contributed by atoms with Gasteiger partial charge in [0.1, 0.15) is 5.75 Å². The van der Waals surface area contributed by atoms with Gasteiger partial charge >= 0.3 is 29.6 Å². The van der Waals surface area contributed by atoms with Crippen molar-refractivity contribution in [2.24, 2.45) is 0 Å². The SMILES string of the molecule is CCCCCCCCCCCCCCCCC(O)CS(=O)(=O)O.[H-].[Na+]. The predicted molar refractivity (Wildman–Crippen MR) is 98.5 cm³/mol. The molecule has 0 aliphatic carbocycles. The van der Waals surface area contributed by atoms with E-state index in [1.165, 1.54) is 70.6 Å². The third kappa shape index (κ3) is 22.9. The van der Waals surface area contributed by atoms with Crippen LogP contribution >= 0.6 is 0 Å². The minimum Gasteiger partial charge on any atom is -1.00 e. The Morgan fingerprint density at radius 2 is 1.08 bits per heavy atom. The summed E-state index contributed by atoms with van der Waals surface area (Å²) in [6.45, 7) is 2.25. The summed E-state index contributed by atoms with van der Waals surface area (Å²) < 4.78 is 29.8. The van der Waals surface area contributed by atoms with Crippen LogP contribution in [-0.4, -0.2) is 29.9 Å². The van der Waals surface area contributed by atoms with Crippen molar-refractivity contribution in [1.29, 1.82) is 0 Å². The van der Waals surface area contributed by atoms with E-state index in [1.807, 2.05) is 0 Å². The minimum atomic E-state index is -4.04. The molecule has 0 bridgehead atoms. The van der Waals surface area contributed by atoms with Gasteiger partial charge in [-0.25, -0.2) is 0 Å². The van der Waals surface area contributed by atoms with Gasteiger partial charge in [0.05, 0.1) is 6.10 Å². The van der Waals surface area contributed by atoms with Crippen molar-refractivity contribution in [2.45, 2.75) is 109 Å². The van der Waals surface area contributed by atoms with Crippen LogP contribution in [0.15, 0.2) is 0 Å². The zero-order valence-corrected chi connectivity index (χ0v) is 18.8. The van der Waals surface area contributed by atoms with E-state index in [0.717, 1.165) is 19.3 Å². The molecule has 142 valence electrons. The van der Waals surface area contributed by atoms with Crippen LogP contribution in [0.25, 0.3) is 0 Å². The van der Waals surface area contributed by atoms with Gasteiger partial charge in [-0.1, -0.05) is 96.8 Å². The van der Waals surface area contributed by atoms with E-state index in [4.69, 9.17) is 4.55 Å². The van der Waals surface area contributed by atoms with E-state index < -0.39 is 22.0 Å². The second kappa shape index (κ2) is 18.7. The van der Waals surface area contributed by atoms with Crippen molar-refractivity contribution in [3.05, 3.63) is 0 Å². The summed E-state index contributed by atoms with van der Waals surface area (Å²) in [5.74, 6) is -0.536. The van der Waals surface area contributed by atoms with E-state index in [2.05, 4.69) is 6.92 Å². The molecular weight excluding hydrogens is 335 g/mol. The largest absolute Gasteiger partial charge is 1.00 e. The van der Waals surface area contributed by atoms with Crippen LogP contribution in [0.2, 0.25) is 0 Å². The monoisotopic (exact) mass is 374 g/mol. The number of aliphatic hydroxyl groups is 1. The fourth-order valence-corrected chi connectivity index (χ4v) is 3.55. The van der Waals surface area contributed by atoms with Crippen LogP contribution in [0, 0.1) is 0 Å². The summed E-state index contributed by atoms with van der Waals surface area (Å²) in [7, 11) is -4.04. The molecule has 0 aliphatic heterocycles. The van der Waals surface area contributed by atoms with E-state index in [-0.39, 0.29) is 31.0 Å². The predicted octanol–water partition coefficient (Wildman–Crippen LogP) is 2.22. The molecule has 0 spiro atoms. The van der Waals surface area contributed by atoms with Gasteiger partial charge in [0, 0.05) is 0 Å². The van der Waals surface area contributed by atoms with Crippen LogP contribution in [0.4, 0.5) is 0 Å². The van der Waals surface area contributed by atoms with E-state index in [9.17, 15) is 13.5 Å². The number of hydrogen-bond donors (Lipinski definition) is 2. The van der Waals surface area contributed by atoms with Crippen LogP contribution in [0.1, 0.15) is 105 Å². The molecule has 24 heavy (non-hydrogen) atoms. The smallest absolute Gasteiger partial charge is 1.00 e. The summed E-state index contributed by atoms with van der Waals surface area (Å²) in [6.07, 6.45) is 17.4. The third-order valence-corrected chi connectivity index (χ3v) is 5.10. The maximum absolute atomic E-state index is 10.6. The van der Waals surface area contributed by atoms with Gasteiger partial charge in [0.15, 0.2) is 0 Å². The molecule has 2 N–H and O–H groups in total. The van der Waals surface area contributed by atoms with Crippen molar-refractivity contribution in [1.82, 2.24) is 0 Å². The second-order valence-electron chi connectivity index (χ2n) is 6.79. The average Bonchev–Trinajstić information content (AvgIpc) is 2.46. The van der Waals surface area contributed by atoms with Crippen LogP contribution in [0.5, 0.6) is 0 Å². The molecule has 1 unspecified atom stereocenters. The molecule has 0 heterocycles. The molecule has 0 aliphatic rings. The zero-order chi connectivity index (χ0) is 17.4. The summed E-state index contributed by atoms with van der Waals surface area (Å²) in [5, 5.41) is 9.44. The van der Waals surface area contributed by atoms with Crippen LogP contribution in [0.3, 0.4) is 0 Å². The molecule has 0 saturated heterocycles. The first-order valence-electron chi connectivity index (χ1n) is 9.59. The molecule has 0 amide bonds. The van der Waals surface area contributed by atoms with Crippen LogP contribution < -0.4 is 29.6 Å². The Balaban J connectivity index is -0.00000242. The normalized spacial score (nSPS) is 12.8. The fourth-order valence-electron chi connectivity index (χ4n) is 2.90. The maximum Gasteiger partial charge on any atom is 1.00 e. The summed E-state index contributed by atoms with van der Waals surface area (Å²) in [6, 6.07) is 0. The first-order valence-corrected chi connectivity index (χ1v) is 11.2. The molecule has 0 saturated carbocycles. The quantitative estimate of drug-likeness (QED) is 0.233. The van der Waals surface area contributed by atoms with E-state index in [0.29, 0.717) is 6.42 Å². The van der Waals surface area contributed by atoms with Crippen molar-refractivity contribution >= 4 is 10.1 Å². The number of unbranched alkanes of at least 4 members (excludes halogenated alkanes) is 13. The molecule has 0 aromatic carbocycles. The first kappa shape index (κ1) is 27.1. The molecule has 0 radical (unpaired) electrons. The summed E-state index contributed by atoms with van der Waals surface area (Å²) >= 11 is 0. The number of hydrogen-bond acceptors (Lipinski definition) is 3. The molecule has 6 heteroatoms. The summed E-state index contributed by atoms with van der Waals surface area (Å²) in [5.41, 5.74) is 0. The Kier molecular flexibility index (Phi) is 21.1. The molecule has 4 nitrogen and oxygen atoms in total. The Morgan fingerprint density at radius 3 is 1.42 bits per heavy atom. The van der Waals surface area contributed by atoms with Crippen LogP contribution in [-0.2, 0) is 10.1 Å². The second-order valence-corrected chi connectivity index (χ2v) is 8.28. The number of aliphatic hydroxyl groups excluding tert-OH is 1. The van der Waals surface area contributed by atoms with Crippen molar-refractivity contribution in [3.63, 3.8) is 0 Å². The Labute approximate surface area is 173 Å². The Bertz CT molecular complexity index is 353. The maximum atomic E-state index is 10.6. The van der Waals surface area contributed by atoms with Crippen molar-refractivity contribution in [2.75, 3.05) is 5.75 Å². The summed E-state index contributed by atoms with van der Waals surface area (Å²) in [4.78, 5) is 0. The van der Waals surface area contributed by atoms with Gasteiger partial charge in [-0.15, -0.1) is 0 Å². The Morgan fingerprint density at radius 1 is 0.750 bits per heavy atom. The minimum absolute atomic E-state index is 0.